The molecule has 25 heavy (non-hydrogen) atoms. The number of rotatable bonds is 8. The fourth-order valence-electron chi connectivity index (χ4n) is 3.58. The van der Waals surface area contributed by atoms with Crippen LogP contribution in [0.25, 0.3) is 0 Å². The maximum Gasteiger partial charge on any atom is 0.227 e. The Hall–Kier alpha value is -2.10. The van der Waals surface area contributed by atoms with Crippen molar-refractivity contribution >= 4 is 5.91 Å². The van der Waals surface area contributed by atoms with E-state index >= 15 is 0 Å². The molecule has 4 rings (SSSR count). The zero-order valence-corrected chi connectivity index (χ0v) is 14.9. The number of hydrogen-bond donors (Lipinski definition) is 1. The minimum absolute atomic E-state index is 0.0660. The lowest BCUT2D eigenvalue weighted by atomic mass is 9.96. The van der Waals surface area contributed by atoms with Gasteiger partial charge in [-0.1, -0.05) is 37.3 Å². The van der Waals surface area contributed by atoms with Gasteiger partial charge in [-0.05, 0) is 43.7 Å². The van der Waals surface area contributed by atoms with Crippen LogP contribution in [-0.2, 0) is 11.3 Å². The van der Waals surface area contributed by atoms with E-state index in [9.17, 15) is 4.79 Å². The van der Waals surface area contributed by atoms with Crippen LogP contribution in [0.1, 0.15) is 73.7 Å². The molecule has 4 nitrogen and oxygen atoms in total. The van der Waals surface area contributed by atoms with Gasteiger partial charge in [0.05, 0.1) is 18.2 Å². The fraction of sp³-hybridized carbons (Fsp3) is 0.524. The van der Waals surface area contributed by atoms with E-state index in [1.54, 1.807) is 0 Å². The molecule has 1 unspecified atom stereocenters. The van der Waals surface area contributed by atoms with E-state index in [1.807, 2.05) is 30.3 Å². The second-order valence-corrected chi connectivity index (χ2v) is 7.43. The summed E-state index contributed by atoms with van der Waals surface area (Å²) in [6.45, 7) is 3.49. The van der Waals surface area contributed by atoms with E-state index in [2.05, 4.69) is 23.0 Å². The van der Waals surface area contributed by atoms with Gasteiger partial charge < -0.3 is 5.32 Å². The number of carbonyl (C=O) groups excluding carboxylic acids is 1. The summed E-state index contributed by atoms with van der Waals surface area (Å²) in [5.41, 5.74) is 3.74. The van der Waals surface area contributed by atoms with Gasteiger partial charge in [-0.15, -0.1) is 0 Å². The van der Waals surface area contributed by atoms with Gasteiger partial charge in [0, 0.05) is 24.1 Å². The molecule has 0 aliphatic heterocycles. The van der Waals surface area contributed by atoms with Gasteiger partial charge in [0.15, 0.2) is 0 Å². The summed E-state index contributed by atoms with van der Waals surface area (Å²) in [7, 11) is 0. The molecule has 2 aliphatic carbocycles. The molecule has 1 amide bonds. The predicted molar refractivity (Wildman–Crippen MR) is 98.7 cm³/mol. The molecule has 0 spiro atoms. The normalized spacial score (nSPS) is 18.1. The highest BCUT2D eigenvalue weighted by atomic mass is 16.1. The third-order valence-corrected chi connectivity index (χ3v) is 5.37. The summed E-state index contributed by atoms with van der Waals surface area (Å²) < 4.78 is 2.15. The van der Waals surface area contributed by atoms with Crippen molar-refractivity contribution in [3.63, 3.8) is 0 Å². The third kappa shape index (κ3) is 3.78. The average molecular weight is 337 g/mol. The second-order valence-electron chi connectivity index (χ2n) is 7.43. The smallest absolute Gasteiger partial charge is 0.227 e. The second kappa shape index (κ2) is 7.03. The van der Waals surface area contributed by atoms with Crippen LogP contribution >= 0.6 is 0 Å². The van der Waals surface area contributed by atoms with Crippen molar-refractivity contribution in [2.45, 2.75) is 63.3 Å². The number of aromatic nitrogens is 2. The first-order chi connectivity index (χ1) is 12.3. The van der Waals surface area contributed by atoms with Crippen LogP contribution in [-0.4, -0.2) is 22.2 Å². The van der Waals surface area contributed by atoms with Crippen molar-refractivity contribution in [2.24, 2.45) is 0 Å². The SMILES string of the molecule is CCC(C(=O)NCCn1nc(C2CC2)cc1C1CC1)c1ccccc1. The van der Waals surface area contributed by atoms with Gasteiger partial charge in [-0.25, -0.2) is 0 Å². The van der Waals surface area contributed by atoms with Crippen molar-refractivity contribution in [2.75, 3.05) is 6.54 Å². The van der Waals surface area contributed by atoms with Crippen LogP contribution in [0.3, 0.4) is 0 Å². The molecule has 1 heterocycles. The number of nitrogens with zero attached hydrogens (tertiary/aromatic N) is 2. The molecule has 0 saturated heterocycles. The molecule has 2 aliphatic rings. The Morgan fingerprint density at radius 3 is 2.56 bits per heavy atom. The zero-order chi connectivity index (χ0) is 17.2. The summed E-state index contributed by atoms with van der Waals surface area (Å²) in [5.74, 6) is 1.44. The van der Waals surface area contributed by atoms with Gasteiger partial charge in [0.2, 0.25) is 5.91 Å². The molecule has 4 heteroatoms. The van der Waals surface area contributed by atoms with Crippen LogP contribution in [0.4, 0.5) is 0 Å². The minimum atomic E-state index is -0.0660. The van der Waals surface area contributed by atoms with Crippen molar-refractivity contribution in [3.05, 3.63) is 53.3 Å². The van der Waals surface area contributed by atoms with Gasteiger partial charge in [-0.3, -0.25) is 9.48 Å². The van der Waals surface area contributed by atoms with Crippen LogP contribution in [0, 0.1) is 0 Å². The fourth-order valence-corrected chi connectivity index (χ4v) is 3.58. The molecule has 132 valence electrons. The van der Waals surface area contributed by atoms with E-state index in [-0.39, 0.29) is 11.8 Å². The number of amides is 1. The largest absolute Gasteiger partial charge is 0.354 e. The molecule has 2 saturated carbocycles. The summed E-state index contributed by atoms with van der Waals surface area (Å²) >= 11 is 0. The summed E-state index contributed by atoms with van der Waals surface area (Å²) in [5, 5.41) is 7.94. The summed E-state index contributed by atoms with van der Waals surface area (Å²) in [6.07, 6.45) is 5.96. The highest BCUT2D eigenvalue weighted by Gasteiger charge is 2.32. The standard InChI is InChI=1S/C21H27N3O/c1-2-18(15-6-4-3-5-7-15)21(25)22-12-13-24-20(17-10-11-17)14-19(23-24)16-8-9-16/h3-7,14,16-18H,2,8-13H2,1H3,(H,22,25). The number of benzene rings is 1. The number of carbonyl (C=O) groups is 1. The van der Waals surface area contributed by atoms with Crippen LogP contribution in [0.15, 0.2) is 36.4 Å². The first-order valence-corrected chi connectivity index (χ1v) is 9.66. The Morgan fingerprint density at radius 2 is 1.92 bits per heavy atom. The molecule has 1 aromatic carbocycles. The number of hydrogen-bond acceptors (Lipinski definition) is 2. The van der Waals surface area contributed by atoms with Crippen LogP contribution in [0.2, 0.25) is 0 Å². The molecule has 1 N–H and O–H groups in total. The summed E-state index contributed by atoms with van der Waals surface area (Å²) in [4.78, 5) is 12.6. The Morgan fingerprint density at radius 1 is 1.20 bits per heavy atom. The maximum atomic E-state index is 12.6. The van der Waals surface area contributed by atoms with E-state index in [0.29, 0.717) is 18.4 Å². The van der Waals surface area contributed by atoms with E-state index < -0.39 is 0 Å². The first kappa shape index (κ1) is 16.4. The predicted octanol–water partition coefficient (Wildman–Crippen LogP) is 3.95. The van der Waals surface area contributed by atoms with E-state index in [0.717, 1.165) is 18.5 Å². The van der Waals surface area contributed by atoms with Gasteiger partial charge in [-0.2, -0.15) is 5.10 Å². The average Bonchev–Trinajstić information content (AvgIpc) is 3.55. The van der Waals surface area contributed by atoms with Gasteiger partial charge in [0.1, 0.15) is 0 Å². The Bertz CT molecular complexity index is 729. The molecule has 1 aromatic heterocycles. The monoisotopic (exact) mass is 337 g/mol. The Labute approximate surface area is 149 Å². The van der Waals surface area contributed by atoms with Gasteiger partial charge in [0.25, 0.3) is 0 Å². The maximum absolute atomic E-state index is 12.6. The Balaban J connectivity index is 1.36. The van der Waals surface area contributed by atoms with Crippen molar-refractivity contribution in [1.82, 2.24) is 15.1 Å². The first-order valence-electron chi connectivity index (χ1n) is 9.66. The minimum Gasteiger partial charge on any atom is -0.354 e. The molecule has 0 bridgehead atoms. The van der Waals surface area contributed by atoms with Crippen molar-refractivity contribution in [1.29, 1.82) is 0 Å². The molecular weight excluding hydrogens is 310 g/mol. The zero-order valence-electron chi connectivity index (χ0n) is 14.9. The topological polar surface area (TPSA) is 46.9 Å². The lowest BCUT2D eigenvalue weighted by Crippen LogP contribution is -2.32. The molecule has 1 atom stereocenters. The highest BCUT2D eigenvalue weighted by Crippen LogP contribution is 2.44. The van der Waals surface area contributed by atoms with E-state index in [1.165, 1.54) is 37.1 Å². The van der Waals surface area contributed by atoms with Crippen molar-refractivity contribution < 1.29 is 4.79 Å². The highest BCUT2D eigenvalue weighted by molar-refractivity contribution is 5.83. The molecule has 0 radical (unpaired) electrons. The Kier molecular flexibility index (Phi) is 4.60. The molecule has 2 fully saturated rings. The lowest BCUT2D eigenvalue weighted by Gasteiger charge is -2.16. The number of nitrogens with one attached hydrogen (secondary N) is 1. The quantitative estimate of drug-likeness (QED) is 0.793. The van der Waals surface area contributed by atoms with E-state index in [4.69, 9.17) is 5.10 Å². The third-order valence-electron chi connectivity index (χ3n) is 5.37. The molecule has 2 aromatic rings. The molecular formula is C21H27N3O. The van der Waals surface area contributed by atoms with Crippen LogP contribution in [0.5, 0.6) is 0 Å². The van der Waals surface area contributed by atoms with Crippen LogP contribution < -0.4 is 5.32 Å². The lowest BCUT2D eigenvalue weighted by molar-refractivity contribution is -0.122. The van der Waals surface area contributed by atoms with Crippen molar-refractivity contribution in [3.8, 4) is 0 Å². The summed E-state index contributed by atoms with van der Waals surface area (Å²) in [6, 6.07) is 12.4. The van der Waals surface area contributed by atoms with Gasteiger partial charge >= 0.3 is 0 Å².